The Morgan fingerprint density at radius 2 is 2.07 bits per heavy atom. The van der Waals surface area contributed by atoms with Crippen LogP contribution in [0.15, 0.2) is 48.5 Å². The van der Waals surface area contributed by atoms with E-state index in [0.29, 0.717) is 22.9 Å². The molecule has 27 heavy (non-hydrogen) atoms. The number of rotatable bonds is 3. The largest absolute Gasteiger partial charge is 0.300 e. The van der Waals surface area contributed by atoms with Crippen LogP contribution in [0.2, 0.25) is 0 Å². The average Bonchev–Trinajstić information content (AvgIpc) is 3.22. The second-order valence-corrected chi connectivity index (χ2v) is 7.82. The highest BCUT2D eigenvalue weighted by molar-refractivity contribution is 7.09. The zero-order chi connectivity index (χ0) is 19.0. The second-order valence-electron chi connectivity index (χ2n) is 7.06. The molecule has 1 aromatic heterocycles. The highest BCUT2D eigenvalue weighted by Crippen LogP contribution is 2.51. The molecule has 3 aromatic rings. The molecule has 1 aliphatic rings. The topological polar surface area (TPSA) is 78.7 Å². The van der Waals surface area contributed by atoms with Gasteiger partial charge in [0.25, 0.3) is 0 Å². The molecule has 4 rings (SSSR count). The number of aryl methyl sites for hydroxylation is 1. The molecule has 0 spiro atoms. The van der Waals surface area contributed by atoms with Gasteiger partial charge in [0.1, 0.15) is 5.82 Å². The fraction of sp³-hybridized carbons (Fsp3) is 0.238. The summed E-state index contributed by atoms with van der Waals surface area (Å²) in [5.41, 5.74) is 3.15. The molecular formula is C21H18N4OS. The summed E-state index contributed by atoms with van der Waals surface area (Å²) in [5.74, 6) is 0.437. The van der Waals surface area contributed by atoms with E-state index in [0.717, 1.165) is 16.7 Å². The Morgan fingerprint density at radius 1 is 1.30 bits per heavy atom. The first kappa shape index (κ1) is 17.4. The lowest BCUT2D eigenvalue weighted by Gasteiger charge is -2.30. The van der Waals surface area contributed by atoms with E-state index >= 15 is 0 Å². The van der Waals surface area contributed by atoms with Crippen LogP contribution in [0, 0.1) is 23.7 Å². The zero-order valence-electron chi connectivity index (χ0n) is 15.1. The summed E-state index contributed by atoms with van der Waals surface area (Å²) in [6.07, 6.45) is 0.608. The lowest BCUT2D eigenvalue weighted by Crippen LogP contribution is -2.37. The maximum absolute atomic E-state index is 13.3. The maximum atomic E-state index is 13.3. The van der Waals surface area contributed by atoms with Gasteiger partial charge in [0, 0.05) is 17.5 Å². The second kappa shape index (κ2) is 6.60. The van der Waals surface area contributed by atoms with Crippen LogP contribution in [-0.2, 0) is 11.2 Å². The minimum absolute atomic E-state index is 0.0813. The lowest BCUT2D eigenvalue weighted by atomic mass is 9.73. The van der Waals surface area contributed by atoms with Gasteiger partial charge in [-0.2, -0.15) is 9.64 Å². The molecule has 1 amide bonds. The van der Waals surface area contributed by atoms with Crippen LogP contribution in [0.4, 0.5) is 5.13 Å². The van der Waals surface area contributed by atoms with Crippen LogP contribution in [0.1, 0.15) is 40.9 Å². The number of carbonyl (C=O) groups excluding carboxylic acids is 1. The van der Waals surface area contributed by atoms with Crippen molar-refractivity contribution in [2.75, 3.05) is 5.32 Å². The van der Waals surface area contributed by atoms with Crippen molar-refractivity contribution in [3.05, 3.63) is 76.6 Å². The van der Waals surface area contributed by atoms with Gasteiger partial charge in [-0.3, -0.25) is 4.79 Å². The number of hydrogen-bond donors (Lipinski definition) is 1. The van der Waals surface area contributed by atoms with Crippen LogP contribution >= 0.6 is 11.5 Å². The number of anilines is 1. The first-order chi connectivity index (χ1) is 13.0. The standard InChI is InChI=1S/C21H18N4OS/c1-13-23-20(27-25-13)24-19(26)21(2)11-16-9-8-14(12-22)10-17(16)18(21)15-6-4-3-5-7-15/h3-10,18H,11H2,1-2H3,(H,23,24,25,26)/t18-,21+/m0/s1. The number of aromatic nitrogens is 2. The molecule has 1 aliphatic carbocycles. The first-order valence-electron chi connectivity index (χ1n) is 8.71. The summed E-state index contributed by atoms with van der Waals surface area (Å²) in [6, 6.07) is 17.9. The zero-order valence-corrected chi connectivity index (χ0v) is 15.9. The summed E-state index contributed by atoms with van der Waals surface area (Å²) in [6.45, 7) is 3.79. The average molecular weight is 374 g/mol. The molecular weight excluding hydrogens is 356 g/mol. The number of nitrogens with one attached hydrogen (secondary N) is 1. The van der Waals surface area contributed by atoms with Gasteiger partial charge in [0.05, 0.1) is 17.0 Å². The lowest BCUT2D eigenvalue weighted by molar-refractivity contribution is -0.125. The number of hydrogen-bond acceptors (Lipinski definition) is 5. The van der Waals surface area contributed by atoms with Gasteiger partial charge in [0.2, 0.25) is 11.0 Å². The van der Waals surface area contributed by atoms with Crippen LogP contribution in [-0.4, -0.2) is 15.3 Å². The maximum Gasteiger partial charge on any atom is 0.233 e. The summed E-state index contributed by atoms with van der Waals surface area (Å²) in [5, 5.41) is 12.8. The van der Waals surface area contributed by atoms with Crippen molar-refractivity contribution in [2.24, 2.45) is 5.41 Å². The Kier molecular flexibility index (Phi) is 4.25. The Bertz CT molecular complexity index is 1050. The molecule has 5 nitrogen and oxygen atoms in total. The first-order valence-corrected chi connectivity index (χ1v) is 9.48. The van der Waals surface area contributed by atoms with E-state index in [1.807, 2.05) is 55.5 Å². The van der Waals surface area contributed by atoms with Crippen LogP contribution in [0.3, 0.4) is 0 Å². The number of amides is 1. The molecule has 0 bridgehead atoms. The normalized spacial score (nSPS) is 20.7. The summed E-state index contributed by atoms with van der Waals surface area (Å²) < 4.78 is 4.14. The van der Waals surface area contributed by atoms with E-state index in [-0.39, 0.29) is 11.8 Å². The molecule has 0 aliphatic heterocycles. The fourth-order valence-electron chi connectivity index (χ4n) is 3.93. The monoisotopic (exact) mass is 374 g/mol. The highest BCUT2D eigenvalue weighted by atomic mass is 32.1. The summed E-state index contributed by atoms with van der Waals surface area (Å²) in [4.78, 5) is 17.6. The van der Waals surface area contributed by atoms with E-state index in [1.165, 1.54) is 11.5 Å². The van der Waals surface area contributed by atoms with Crippen molar-refractivity contribution in [2.45, 2.75) is 26.2 Å². The number of nitrogens with zero attached hydrogens (tertiary/aromatic N) is 3. The van der Waals surface area contributed by atoms with Crippen LogP contribution in [0.25, 0.3) is 0 Å². The number of nitriles is 1. The van der Waals surface area contributed by atoms with E-state index in [2.05, 4.69) is 20.7 Å². The molecule has 0 radical (unpaired) electrons. The van der Waals surface area contributed by atoms with Crippen molar-refractivity contribution in [1.29, 1.82) is 5.26 Å². The Balaban J connectivity index is 1.79. The smallest absolute Gasteiger partial charge is 0.233 e. The molecule has 1 heterocycles. The van der Waals surface area contributed by atoms with Crippen LogP contribution < -0.4 is 5.32 Å². The Labute approximate surface area is 161 Å². The van der Waals surface area contributed by atoms with E-state index < -0.39 is 5.41 Å². The SMILES string of the molecule is Cc1nsc(NC(=O)[C@]2(C)Cc3ccc(C#N)cc3[C@@H]2c2ccccc2)n1. The van der Waals surface area contributed by atoms with Gasteiger partial charge in [-0.15, -0.1) is 0 Å². The molecule has 0 fully saturated rings. The van der Waals surface area contributed by atoms with Crippen molar-refractivity contribution in [3.8, 4) is 6.07 Å². The van der Waals surface area contributed by atoms with Gasteiger partial charge in [-0.05, 0) is 49.1 Å². The minimum atomic E-state index is -0.683. The van der Waals surface area contributed by atoms with E-state index in [1.54, 1.807) is 6.92 Å². The van der Waals surface area contributed by atoms with Gasteiger partial charge in [0.15, 0.2) is 0 Å². The number of benzene rings is 2. The molecule has 6 heteroatoms. The van der Waals surface area contributed by atoms with Gasteiger partial charge >= 0.3 is 0 Å². The molecule has 2 atom stereocenters. The van der Waals surface area contributed by atoms with Crippen molar-refractivity contribution in [1.82, 2.24) is 9.36 Å². The predicted octanol–water partition coefficient (Wildman–Crippen LogP) is 4.05. The highest BCUT2D eigenvalue weighted by Gasteiger charge is 2.49. The Morgan fingerprint density at radius 3 is 2.74 bits per heavy atom. The molecule has 2 aromatic carbocycles. The third-order valence-corrected chi connectivity index (χ3v) is 5.90. The molecule has 134 valence electrons. The van der Waals surface area contributed by atoms with Gasteiger partial charge in [-0.1, -0.05) is 36.4 Å². The van der Waals surface area contributed by atoms with Crippen molar-refractivity contribution >= 4 is 22.6 Å². The van der Waals surface area contributed by atoms with E-state index in [9.17, 15) is 10.1 Å². The fourth-order valence-corrected chi connectivity index (χ4v) is 4.50. The molecule has 0 unspecified atom stereocenters. The minimum Gasteiger partial charge on any atom is -0.300 e. The van der Waals surface area contributed by atoms with Gasteiger partial charge < -0.3 is 5.32 Å². The van der Waals surface area contributed by atoms with E-state index in [4.69, 9.17) is 0 Å². The predicted molar refractivity (Wildman–Crippen MR) is 105 cm³/mol. The third kappa shape index (κ3) is 3.00. The summed E-state index contributed by atoms with van der Waals surface area (Å²) in [7, 11) is 0. The Hall–Kier alpha value is -3.04. The summed E-state index contributed by atoms with van der Waals surface area (Å²) >= 11 is 1.19. The molecule has 1 N–H and O–H groups in total. The van der Waals surface area contributed by atoms with Crippen molar-refractivity contribution in [3.63, 3.8) is 0 Å². The quantitative estimate of drug-likeness (QED) is 0.750. The third-order valence-electron chi connectivity index (χ3n) is 5.18. The van der Waals surface area contributed by atoms with Crippen molar-refractivity contribution < 1.29 is 4.79 Å². The number of fused-ring (bicyclic) bond motifs is 1. The number of carbonyl (C=O) groups is 1. The molecule has 0 saturated carbocycles. The molecule has 0 saturated heterocycles. The van der Waals surface area contributed by atoms with Gasteiger partial charge in [-0.25, -0.2) is 4.98 Å². The van der Waals surface area contributed by atoms with Crippen LogP contribution in [0.5, 0.6) is 0 Å².